The van der Waals surface area contributed by atoms with Gasteiger partial charge in [0.25, 0.3) is 0 Å². The standard InChI is InChI=1S/C24H31N3O5/c28-14-18(12-16-10-11-25-23(16)31)26-24(32)22-20-3-1-2-17(20)13-27(22)21(30)9-6-15-4-7-19(29)8-5-15/h4-5,7-8,14,16-18,20,22,29H,1-3,6,9-13H2,(H,25,31)(H,26,32)/t16-,17-,18-,20-,22?/m0/s1. The molecule has 8 nitrogen and oxygen atoms in total. The number of hydrogen-bond donors (Lipinski definition) is 3. The zero-order valence-corrected chi connectivity index (χ0v) is 18.2. The summed E-state index contributed by atoms with van der Waals surface area (Å²) in [6.45, 7) is 1.17. The molecule has 3 N–H and O–H groups in total. The highest BCUT2D eigenvalue weighted by atomic mass is 16.3. The van der Waals surface area contributed by atoms with Crippen molar-refractivity contribution in [1.29, 1.82) is 0 Å². The Kier molecular flexibility index (Phi) is 6.77. The summed E-state index contributed by atoms with van der Waals surface area (Å²) in [6, 6.07) is 5.49. The summed E-state index contributed by atoms with van der Waals surface area (Å²) in [5, 5.41) is 15.0. The Hall–Kier alpha value is -2.90. The molecule has 2 saturated heterocycles. The fraction of sp³-hybridized carbons (Fsp3) is 0.583. The lowest BCUT2D eigenvalue weighted by atomic mass is 9.92. The summed E-state index contributed by atoms with van der Waals surface area (Å²) < 4.78 is 0. The highest BCUT2D eigenvalue weighted by Crippen LogP contribution is 2.42. The number of aromatic hydroxyl groups is 1. The number of phenolic OH excluding ortho intramolecular Hbond substituents is 1. The van der Waals surface area contributed by atoms with Gasteiger partial charge < -0.3 is 25.4 Å². The van der Waals surface area contributed by atoms with Gasteiger partial charge in [-0.1, -0.05) is 18.6 Å². The van der Waals surface area contributed by atoms with E-state index < -0.39 is 12.1 Å². The van der Waals surface area contributed by atoms with Crippen molar-refractivity contribution >= 4 is 24.0 Å². The molecule has 1 saturated carbocycles. The molecule has 0 bridgehead atoms. The van der Waals surface area contributed by atoms with Crippen LogP contribution in [-0.2, 0) is 25.6 Å². The fourth-order valence-electron chi connectivity index (χ4n) is 5.55. The van der Waals surface area contributed by atoms with Crippen LogP contribution in [0.2, 0.25) is 0 Å². The number of nitrogens with one attached hydrogen (secondary N) is 2. The van der Waals surface area contributed by atoms with Crippen molar-refractivity contribution in [2.45, 2.75) is 57.0 Å². The predicted octanol–water partition coefficient (Wildman–Crippen LogP) is 1.16. The first-order valence-electron chi connectivity index (χ1n) is 11.6. The third-order valence-electron chi connectivity index (χ3n) is 7.24. The molecule has 1 aromatic rings. The van der Waals surface area contributed by atoms with Crippen molar-refractivity contribution in [3.05, 3.63) is 29.8 Å². The summed E-state index contributed by atoms with van der Waals surface area (Å²) in [4.78, 5) is 51.5. The van der Waals surface area contributed by atoms with Crippen molar-refractivity contribution in [3.8, 4) is 5.75 Å². The van der Waals surface area contributed by atoms with Crippen molar-refractivity contribution in [2.75, 3.05) is 13.1 Å². The van der Waals surface area contributed by atoms with Crippen molar-refractivity contribution in [1.82, 2.24) is 15.5 Å². The van der Waals surface area contributed by atoms with Crippen LogP contribution in [-0.4, -0.2) is 59.2 Å². The molecule has 2 heterocycles. The Morgan fingerprint density at radius 2 is 2.00 bits per heavy atom. The number of aldehydes is 1. The minimum Gasteiger partial charge on any atom is -0.508 e. The molecule has 2 aliphatic heterocycles. The molecule has 1 aromatic carbocycles. The number of fused-ring (bicyclic) bond motifs is 1. The van der Waals surface area contributed by atoms with Crippen LogP contribution >= 0.6 is 0 Å². The number of carbonyl (C=O) groups is 4. The van der Waals surface area contributed by atoms with Gasteiger partial charge in [0, 0.05) is 25.4 Å². The van der Waals surface area contributed by atoms with Gasteiger partial charge in [0.1, 0.15) is 18.1 Å². The normalized spacial score (nSPS) is 27.6. The van der Waals surface area contributed by atoms with Crippen molar-refractivity contribution in [3.63, 3.8) is 0 Å². The number of benzene rings is 1. The maximum atomic E-state index is 13.2. The second kappa shape index (κ2) is 9.71. The number of hydrogen-bond acceptors (Lipinski definition) is 5. The van der Waals surface area contributed by atoms with Gasteiger partial charge in [-0.3, -0.25) is 14.4 Å². The molecule has 0 spiro atoms. The lowest BCUT2D eigenvalue weighted by Crippen LogP contribution is -2.52. The van der Waals surface area contributed by atoms with Crippen LogP contribution in [0.15, 0.2) is 24.3 Å². The monoisotopic (exact) mass is 441 g/mol. The molecule has 1 unspecified atom stereocenters. The van der Waals surface area contributed by atoms with Gasteiger partial charge >= 0.3 is 0 Å². The topological polar surface area (TPSA) is 116 Å². The quantitative estimate of drug-likeness (QED) is 0.524. The molecular formula is C24H31N3O5. The number of rotatable bonds is 8. The SMILES string of the molecule is O=C[C@H](C[C@@H]1CCNC1=O)NC(=O)C1[C@H]2CCC[C@H]2CN1C(=O)CCc1ccc(O)cc1. The zero-order valence-electron chi connectivity index (χ0n) is 18.2. The summed E-state index contributed by atoms with van der Waals surface area (Å²) in [6.07, 6.45) is 5.43. The minimum absolute atomic E-state index is 0.0644. The molecule has 3 aliphatic rings. The van der Waals surface area contributed by atoms with Gasteiger partial charge in [-0.25, -0.2) is 0 Å². The second-order valence-electron chi connectivity index (χ2n) is 9.28. The van der Waals surface area contributed by atoms with E-state index >= 15 is 0 Å². The molecule has 3 amide bonds. The first-order valence-corrected chi connectivity index (χ1v) is 11.6. The largest absolute Gasteiger partial charge is 0.508 e. The molecule has 0 aromatic heterocycles. The molecule has 8 heteroatoms. The lowest BCUT2D eigenvalue weighted by Gasteiger charge is -2.28. The summed E-state index contributed by atoms with van der Waals surface area (Å²) >= 11 is 0. The van der Waals surface area contributed by atoms with E-state index in [4.69, 9.17) is 0 Å². The Bertz CT molecular complexity index is 871. The molecule has 5 atom stereocenters. The second-order valence-corrected chi connectivity index (χ2v) is 9.28. The van der Waals surface area contributed by atoms with Crippen molar-refractivity contribution in [2.24, 2.45) is 17.8 Å². The van der Waals surface area contributed by atoms with Gasteiger partial charge in [0.15, 0.2) is 0 Å². The Morgan fingerprint density at radius 3 is 2.69 bits per heavy atom. The van der Waals surface area contributed by atoms with Gasteiger partial charge in [-0.05, 0) is 61.6 Å². The Morgan fingerprint density at radius 1 is 1.22 bits per heavy atom. The maximum absolute atomic E-state index is 13.2. The van der Waals surface area contributed by atoms with E-state index in [0.717, 1.165) is 24.8 Å². The van der Waals surface area contributed by atoms with E-state index in [1.807, 2.05) is 0 Å². The van der Waals surface area contributed by atoms with Crippen LogP contribution < -0.4 is 10.6 Å². The Balaban J connectivity index is 1.40. The molecular weight excluding hydrogens is 410 g/mol. The number of aryl methyl sites for hydroxylation is 1. The third kappa shape index (κ3) is 4.79. The highest BCUT2D eigenvalue weighted by molar-refractivity contribution is 5.90. The van der Waals surface area contributed by atoms with E-state index in [2.05, 4.69) is 10.6 Å². The highest BCUT2D eigenvalue weighted by Gasteiger charge is 2.49. The molecule has 4 rings (SSSR count). The average molecular weight is 442 g/mol. The van der Waals surface area contributed by atoms with Crippen LogP contribution in [0.4, 0.5) is 0 Å². The lowest BCUT2D eigenvalue weighted by molar-refractivity contribution is -0.140. The van der Waals surface area contributed by atoms with Gasteiger partial charge in [0.2, 0.25) is 17.7 Å². The predicted molar refractivity (Wildman–Crippen MR) is 116 cm³/mol. The molecule has 32 heavy (non-hydrogen) atoms. The van der Waals surface area contributed by atoms with Crippen LogP contribution in [0.1, 0.15) is 44.1 Å². The van der Waals surface area contributed by atoms with Crippen LogP contribution in [0.25, 0.3) is 0 Å². The average Bonchev–Trinajstić information content (AvgIpc) is 3.48. The van der Waals surface area contributed by atoms with E-state index in [1.54, 1.807) is 29.2 Å². The number of phenols is 1. The van der Waals surface area contributed by atoms with Crippen LogP contribution in [0.3, 0.4) is 0 Å². The van der Waals surface area contributed by atoms with E-state index in [1.165, 1.54) is 0 Å². The molecule has 172 valence electrons. The van der Waals surface area contributed by atoms with E-state index in [0.29, 0.717) is 38.1 Å². The van der Waals surface area contributed by atoms with E-state index in [9.17, 15) is 24.3 Å². The van der Waals surface area contributed by atoms with Crippen LogP contribution in [0.5, 0.6) is 5.75 Å². The maximum Gasteiger partial charge on any atom is 0.243 e. The smallest absolute Gasteiger partial charge is 0.243 e. The number of carbonyl (C=O) groups excluding carboxylic acids is 4. The third-order valence-corrected chi connectivity index (χ3v) is 7.24. The minimum atomic E-state index is -0.731. The van der Waals surface area contributed by atoms with Gasteiger partial charge in [-0.15, -0.1) is 0 Å². The zero-order chi connectivity index (χ0) is 22.7. The van der Waals surface area contributed by atoms with Gasteiger partial charge in [0.05, 0.1) is 6.04 Å². The summed E-state index contributed by atoms with van der Waals surface area (Å²) in [7, 11) is 0. The van der Waals surface area contributed by atoms with Crippen molar-refractivity contribution < 1.29 is 24.3 Å². The molecule has 1 aliphatic carbocycles. The molecule has 3 fully saturated rings. The fourth-order valence-corrected chi connectivity index (χ4v) is 5.55. The number of amides is 3. The van der Waals surface area contributed by atoms with E-state index in [-0.39, 0.29) is 48.1 Å². The molecule has 0 radical (unpaired) electrons. The van der Waals surface area contributed by atoms with Gasteiger partial charge in [-0.2, -0.15) is 0 Å². The number of likely N-dealkylation sites (tertiary alicyclic amines) is 1. The summed E-state index contributed by atoms with van der Waals surface area (Å²) in [5.74, 6) is -0.0686. The first kappa shape index (κ1) is 22.3. The Labute approximate surface area is 187 Å². The first-order chi connectivity index (χ1) is 15.5. The number of nitrogens with zero attached hydrogens (tertiary/aromatic N) is 1. The summed E-state index contributed by atoms with van der Waals surface area (Å²) in [5.41, 5.74) is 0.951. The van der Waals surface area contributed by atoms with Crippen LogP contribution in [0, 0.1) is 17.8 Å².